The summed E-state index contributed by atoms with van der Waals surface area (Å²) < 4.78 is 5.39. The van der Waals surface area contributed by atoms with Crippen LogP contribution in [0, 0.1) is 13.8 Å². The predicted octanol–water partition coefficient (Wildman–Crippen LogP) is 4.08. The fourth-order valence-electron chi connectivity index (χ4n) is 3.12. The Balaban J connectivity index is 1.46. The summed E-state index contributed by atoms with van der Waals surface area (Å²) in [5, 5.41) is 3.76. The molecule has 0 spiro atoms. The highest BCUT2D eigenvalue weighted by atomic mass is 32.2. The second-order valence-electron chi connectivity index (χ2n) is 6.98. The van der Waals surface area contributed by atoms with Crippen LogP contribution in [0.5, 0.6) is 5.75 Å². The number of nitrogens with one attached hydrogen (secondary N) is 2. The number of carbonyl (C=O) groups excluding carboxylic acids is 1. The van der Waals surface area contributed by atoms with Gasteiger partial charge in [-0.15, -0.1) is 0 Å². The molecule has 3 rings (SSSR count). The minimum atomic E-state index is 0.000261. The van der Waals surface area contributed by atoms with Gasteiger partial charge < -0.3 is 15.0 Å². The average molecular weight is 410 g/mol. The average Bonchev–Trinajstić information content (AvgIpc) is 3.07. The summed E-state index contributed by atoms with van der Waals surface area (Å²) in [6.07, 6.45) is 1.52. The summed E-state index contributed by atoms with van der Waals surface area (Å²) in [5.74, 6) is 1.19. The third-order valence-corrected chi connectivity index (χ3v) is 5.54. The van der Waals surface area contributed by atoms with Crippen molar-refractivity contribution in [3.63, 3.8) is 0 Å². The van der Waals surface area contributed by atoms with Gasteiger partial charge in [0.2, 0.25) is 5.91 Å². The number of aryl methyl sites for hydroxylation is 2. The van der Waals surface area contributed by atoms with Crippen molar-refractivity contribution in [1.29, 1.82) is 0 Å². The Morgan fingerprint density at radius 3 is 2.72 bits per heavy atom. The van der Waals surface area contributed by atoms with Crippen LogP contribution in [-0.2, 0) is 17.6 Å². The Morgan fingerprint density at radius 2 is 1.97 bits per heavy atom. The van der Waals surface area contributed by atoms with Gasteiger partial charge in [-0.1, -0.05) is 59.8 Å². The molecule has 6 heteroatoms. The Hall–Kier alpha value is -2.73. The zero-order valence-corrected chi connectivity index (χ0v) is 17.9. The molecule has 2 N–H and O–H groups in total. The first kappa shape index (κ1) is 21.0. The number of thioether (sulfide) groups is 1. The molecular formula is C23H27N3O2S. The van der Waals surface area contributed by atoms with E-state index in [0.29, 0.717) is 12.3 Å². The molecule has 0 aliphatic rings. The summed E-state index contributed by atoms with van der Waals surface area (Å²) in [6.45, 7) is 4.65. The third-order valence-electron chi connectivity index (χ3n) is 4.67. The van der Waals surface area contributed by atoms with Crippen LogP contribution in [0.1, 0.15) is 28.1 Å². The van der Waals surface area contributed by atoms with Gasteiger partial charge in [-0.25, -0.2) is 4.98 Å². The maximum atomic E-state index is 12.2. The molecule has 0 radical (unpaired) electrons. The van der Waals surface area contributed by atoms with Gasteiger partial charge in [-0.3, -0.25) is 4.79 Å². The van der Waals surface area contributed by atoms with E-state index in [1.54, 1.807) is 7.11 Å². The van der Waals surface area contributed by atoms with Crippen molar-refractivity contribution in [2.75, 3.05) is 19.4 Å². The molecule has 5 nitrogen and oxygen atoms in total. The van der Waals surface area contributed by atoms with Crippen LogP contribution in [0.2, 0.25) is 0 Å². The quantitative estimate of drug-likeness (QED) is 0.523. The molecule has 0 atom stereocenters. The van der Waals surface area contributed by atoms with Gasteiger partial charge in [0, 0.05) is 18.7 Å². The summed E-state index contributed by atoms with van der Waals surface area (Å²) in [5.41, 5.74) is 5.58. The van der Waals surface area contributed by atoms with Gasteiger partial charge in [0.1, 0.15) is 5.75 Å². The number of nitrogens with zero attached hydrogens (tertiary/aromatic N) is 1. The van der Waals surface area contributed by atoms with E-state index in [-0.39, 0.29) is 5.91 Å². The van der Waals surface area contributed by atoms with Gasteiger partial charge >= 0.3 is 0 Å². The van der Waals surface area contributed by atoms with Crippen LogP contribution < -0.4 is 10.1 Å². The highest BCUT2D eigenvalue weighted by Gasteiger charge is 2.10. The molecule has 0 bridgehead atoms. The first-order chi connectivity index (χ1) is 14.0. The molecule has 0 aliphatic carbocycles. The number of aromatic nitrogens is 2. The monoisotopic (exact) mass is 409 g/mol. The van der Waals surface area contributed by atoms with E-state index in [4.69, 9.17) is 4.74 Å². The summed E-state index contributed by atoms with van der Waals surface area (Å²) >= 11 is 1.43. The maximum Gasteiger partial charge on any atom is 0.230 e. The number of imidazole rings is 1. The highest BCUT2D eigenvalue weighted by Crippen LogP contribution is 2.20. The predicted molar refractivity (Wildman–Crippen MR) is 118 cm³/mol. The standard InChI is InChI=1S/C23H27N3O2S/c1-16-9-10-21(28-3)19(13-16)11-12-24-22(27)15-29-23-25-17(2)20(26-23)14-18-7-5-4-6-8-18/h4-10,13H,11-12,14-15H2,1-3H3,(H,24,27)(H,25,26). The highest BCUT2D eigenvalue weighted by molar-refractivity contribution is 7.99. The van der Waals surface area contributed by atoms with Gasteiger partial charge in [-0.05, 0) is 37.5 Å². The summed E-state index contributed by atoms with van der Waals surface area (Å²) in [7, 11) is 1.67. The lowest BCUT2D eigenvalue weighted by Gasteiger charge is -2.10. The molecule has 1 aromatic heterocycles. The second-order valence-corrected chi connectivity index (χ2v) is 7.94. The fraction of sp³-hybridized carbons (Fsp3) is 0.304. The van der Waals surface area contributed by atoms with Gasteiger partial charge in [0.25, 0.3) is 0 Å². The number of H-pyrrole nitrogens is 1. The molecule has 3 aromatic rings. The number of methoxy groups -OCH3 is 1. The Morgan fingerprint density at radius 1 is 1.17 bits per heavy atom. The molecule has 29 heavy (non-hydrogen) atoms. The van der Waals surface area contributed by atoms with Gasteiger partial charge in [-0.2, -0.15) is 0 Å². The van der Waals surface area contributed by atoms with Crippen LogP contribution in [0.25, 0.3) is 0 Å². The van der Waals surface area contributed by atoms with Crippen molar-refractivity contribution < 1.29 is 9.53 Å². The lowest BCUT2D eigenvalue weighted by molar-refractivity contribution is -0.118. The Kier molecular flexibility index (Phi) is 7.36. The lowest BCUT2D eigenvalue weighted by atomic mass is 10.1. The van der Waals surface area contributed by atoms with Crippen LogP contribution in [0.3, 0.4) is 0 Å². The number of benzene rings is 2. The number of amides is 1. The zero-order valence-electron chi connectivity index (χ0n) is 17.1. The molecular weight excluding hydrogens is 382 g/mol. The van der Waals surface area contributed by atoms with Crippen molar-refractivity contribution in [2.24, 2.45) is 0 Å². The van der Waals surface area contributed by atoms with Crippen molar-refractivity contribution in [3.8, 4) is 5.75 Å². The molecule has 2 aromatic carbocycles. The zero-order chi connectivity index (χ0) is 20.6. The van der Waals surface area contributed by atoms with Crippen molar-refractivity contribution in [3.05, 3.63) is 76.6 Å². The molecule has 0 fully saturated rings. The van der Waals surface area contributed by atoms with Crippen LogP contribution in [0.4, 0.5) is 0 Å². The molecule has 0 unspecified atom stereocenters. The molecule has 1 amide bonds. The number of ether oxygens (including phenoxy) is 1. The van der Waals surface area contributed by atoms with Crippen LogP contribution in [-0.4, -0.2) is 35.3 Å². The van der Waals surface area contributed by atoms with E-state index < -0.39 is 0 Å². The van der Waals surface area contributed by atoms with Crippen LogP contribution >= 0.6 is 11.8 Å². The minimum Gasteiger partial charge on any atom is -0.496 e. The Bertz CT molecular complexity index is 954. The van der Waals surface area contributed by atoms with E-state index in [1.807, 2.05) is 37.3 Å². The van der Waals surface area contributed by atoms with E-state index in [2.05, 4.69) is 40.4 Å². The van der Waals surface area contributed by atoms with Crippen molar-refractivity contribution >= 4 is 17.7 Å². The number of aromatic amines is 1. The first-order valence-corrected chi connectivity index (χ1v) is 10.7. The lowest BCUT2D eigenvalue weighted by Crippen LogP contribution is -2.27. The van der Waals surface area contributed by atoms with E-state index >= 15 is 0 Å². The normalized spacial score (nSPS) is 10.7. The SMILES string of the molecule is COc1ccc(C)cc1CCNC(=O)CSc1nc(Cc2ccccc2)c(C)[nH]1. The number of rotatable bonds is 9. The Labute approximate surface area is 176 Å². The summed E-state index contributed by atoms with van der Waals surface area (Å²) in [6, 6.07) is 16.3. The smallest absolute Gasteiger partial charge is 0.230 e. The molecule has 0 saturated heterocycles. The van der Waals surface area contributed by atoms with Crippen LogP contribution in [0.15, 0.2) is 53.7 Å². The first-order valence-electron chi connectivity index (χ1n) is 9.67. The molecule has 1 heterocycles. The van der Waals surface area contributed by atoms with Gasteiger partial charge in [0.15, 0.2) is 5.16 Å². The van der Waals surface area contributed by atoms with Crippen molar-refractivity contribution in [1.82, 2.24) is 15.3 Å². The molecule has 0 aliphatic heterocycles. The molecule has 152 valence electrons. The van der Waals surface area contributed by atoms with Crippen molar-refractivity contribution in [2.45, 2.75) is 31.8 Å². The number of hydrogen-bond donors (Lipinski definition) is 2. The van der Waals surface area contributed by atoms with E-state index in [1.165, 1.54) is 22.9 Å². The third kappa shape index (κ3) is 6.12. The number of hydrogen-bond acceptors (Lipinski definition) is 4. The van der Waals surface area contributed by atoms with E-state index in [0.717, 1.165) is 40.7 Å². The van der Waals surface area contributed by atoms with E-state index in [9.17, 15) is 4.79 Å². The topological polar surface area (TPSA) is 67.0 Å². The second kappa shape index (κ2) is 10.2. The minimum absolute atomic E-state index is 0.000261. The largest absolute Gasteiger partial charge is 0.496 e. The maximum absolute atomic E-state index is 12.2. The number of carbonyl (C=O) groups is 1. The van der Waals surface area contributed by atoms with Gasteiger partial charge in [0.05, 0.1) is 18.6 Å². The summed E-state index contributed by atoms with van der Waals surface area (Å²) in [4.78, 5) is 20.1. The molecule has 0 saturated carbocycles. The fourth-order valence-corrected chi connectivity index (χ4v) is 3.89.